The van der Waals surface area contributed by atoms with Crippen LogP contribution in [0.1, 0.15) is 88.7 Å². The first-order valence-corrected chi connectivity index (χ1v) is 19.1. The molecule has 2 heterocycles. The highest BCUT2D eigenvalue weighted by molar-refractivity contribution is 7.89. The van der Waals surface area contributed by atoms with Gasteiger partial charge in [0.25, 0.3) is 5.56 Å². The fraction of sp³-hybridized carbons (Fsp3) is 0.541. The molecule has 14 heteroatoms. The second-order valence-electron chi connectivity index (χ2n) is 12.4. The summed E-state index contributed by atoms with van der Waals surface area (Å²) in [6, 6.07) is 8.08. The van der Waals surface area contributed by atoms with Crippen LogP contribution in [0.15, 0.2) is 40.0 Å². The van der Waals surface area contributed by atoms with E-state index in [4.69, 9.17) is 33.8 Å². The van der Waals surface area contributed by atoms with E-state index in [9.17, 15) is 13.2 Å². The fourth-order valence-electron chi connectivity index (χ4n) is 6.30. The molecule has 0 aliphatic heterocycles. The lowest BCUT2D eigenvalue weighted by Crippen LogP contribution is -2.32. The van der Waals surface area contributed by atoms with Gasteiger partial charge in [-0.25, -0.2) is 17.9 Å². The maximum absolute atomic E-state index is 14.5. The van der Waals surface area contributed by atoms with Crippen LogP contribution in [0.2, 0.25) is 0 Å². The largest absolute Gasteiger partial charge is 0.493 e. The van der Waals surface area contributed by atoms with Crippen LogP contribution >= 0.6 is 0 Å². The van der Waals surface area contributed by atoms with Gasteiger partial charge in [-0.1, -0.05) is 39.5 Å². The highest BCUT2D eigenvalue weighted by Gasteiger charge is 2.28. The van der Waals surface area contributed by atoms with Crippen molar-refractivity contribution in [2.45, 2.75) is 90.0 Å². The molecule has 1 N–H and O–H groups in total. The van der Waals surface area contributed by atoms with E-state index >= 15 is 0 Å². The van der Waals surface area contributed by atoms with Crippen LogP contribution in [0, 0.1) is 6.92 Å². The zero-order chi connectivity index (χ0) is 37.1. The second-order valence-corrected chi connectivity index (χ2v) is 14.3. The van der Waals surface area contributed by atoms with Gasteiger partial charge in [0.05, 0.1) is 44.1 Å². The van der Waals surface area contributed by atoms with Gasteiger partial charge in [0, 0.05) is 32.7 Å². The average molecular weight is 728 g/mol. The molecular formula is C37H53N5O8S. The van der Waals surface area contributed by atoms with Crippen LogP contribution in [0.5, 0.6) is 23.0 Å². The zero-order valence-corrected chi connectivity index (χ0v) is 32.0. The summed E-state index contributed by atoms with van der Waals surface area (Å²) in [5.74, 6) is 2.64. The number of hydrogen-bond donors (Lipinski definition) is 1. The number of ether oxygens (including phenoxy) is 5. The molecule has 13 nitrogen and oxygen atoms in total. The van der Waals surface area contributed by atoms with Crippen molar-refractivity contribution < 1.29 is 32.1 Å². The number of fused-ring (bicyclic) bond motifs is 1. The summed E-state index contributed by atoms with van der Waals surface area (Å²) in [5, 5.41) is 4.89. The van der Waals surface area contributed by atoms with Crippen molar-refractivity contribution in [3.8, 4) is 34.4 Å². The van der Waals surface area contributed by atoms with Crippen molar-refractivity contribution >= 4 is 15.5 Å². The Morgan fingerprint density at radius 1 is 0.922 bits per heavy atom. The van der Waals surface area contributed by atoms with Crippen molar-refractivity contribution in [3.05, 3.63) is 57.8 Å². The Hall–Kier alpha value is -4.14. The maximum Gasteiger partial charge on any atom is 0.277 e. The van der Waals surface area contributed by atoms with E-state index < -0.39 is 10.0 Å². The molecule has 2 aromatic heterocycles. The molecule has 1 unspecified atom stereocenters. The lowest BCUT2D eigenvalue weighted by atomic mass is 9.97. The molecule has 0 aliphatic rings. The molecule has 0 spiro atoms. The van der Waals surface area contributed by atoms with Gasteiger partial charge in [0.1, 0.15) is 11.6 Å². The quantitative estimate of drug-likeness (QED) is 0.0943. The smallest absolute Gasteiger partial charge is 0.277 e. The molecule has 4 aromatic rings. The topological polar surface area (TPSA) is 147 Å². The number of benzene rings is 2. The number of rotatable bonds is 21. The molecule has 4 rings (SSSR count). The average Bonchev–Trinajstić information content (AvgIpc) is 3.46. The molecule has 0 saturated carbocycles. The number of imidazole rings is 1. The van der Waals surface area contributed by atoms with Gasteiger partial charge < -0.3 is 28.7 Å². The van der Waals surface area contributed by atoms with Crippen LogP contribution < -0.4 is 24.5 Å². The molecule has 2 aromatic carbocycles. The minimum absolute atomic E-state index is 0.0120. The van der Waals surface area contributed by atoms with E-state index in [-0.39, 0.29) is 35.3 Å². The minimum Gasteiger partial charge on any atom is -0.493 e. The van der Waals surface area contributed by atoms with Gasteiger partial charge in [0.15, 0.2) is 22.8 Å². The van der Waals surface area contributed by atoms with Crippen molar-refractivity contribution in [3.63, 3.8) is 0 Å². The predicted molar refractivity (Wildman–Crippen MR) is 197 cm³/mol. The van der Waals surface area contributed by atoms with Gasteiger partial charge in [-0.3, -0.25) is 4.79 Å². The molecule has 0 radical (unpaired) electrons. The molecular weight excluding hydrogens is 675 g/mol. The molecule has 280 valence electrons. The molecule has 0 saturated heterocycles. The van der Waals surface area contributed by atoms with Crippen LogP contribution in [0.4, 0.5) is 0 Å². The Morgan fingerprint density at radius 2 is 1.65 bits per heavy atom. The zero-order valence-electron chi connectivity index (χ0n) is 31.2. The number of hydrogen-bond acceptors (Lipinski definition) is 10. The molecule has 0 fully saturated rings. The minimum atomic E-state index is -4.12. The third kappa shape index (κ3) is 9.03. The summed E-state index contributed by atoms with van der Waals surface area (Å²) >= 11 is 0. The van der Waals surface area contributed by atoms with Gasteiger partial charge >= 0.3 is 0 Å². The number of H-pyrrole nitrogens is 1. The number of methoxy groups -OCH3 is 4. The molecule has 1 atom stereocenters. The van der Waals surface area contributed by atoms with E-state index in [1.807, 2.05) is 13.8 Å². The Labute approximate surface area is 301 Å². The van der Waals surface area contributed by atoms with Crippen LogP contribution in [0.3, 0.4) is 0 Å². The van der Waals surface area contributed by atoms with E-state index in [0.29, 0.717) is 65.0 Å². The lowest BCUT2D eigenvalue weighted by molar-refractivity contribution is 0.186. The third-order valence-corrected chi connectivity index (χ3v) is 10.8. The van der Waals surface area contributed by atoms with Crippen LogP contribution in [-0.4, -0.2) is 80.5 Å². The van der Waals surface area contributed by atoms with E-state index in [1.165, 1.54) is 44.2 Å². The summed E-state index contributed by atoms with van der Waals surface area (Å²) in [6.07, 6.45) is 6.74. The SMILES string of the molecule is CCCCCCC(CC)c1nc(C)c2c(=O)[nH]c(-c3cc(S(=O)(=O)N(CCCOC)Cc4cc(OC)c(OC)c(OC)c4)ccc3OCC)nn12. The predicted octanol–water partition coefficient (Wildman–Crippen LogP) is 6.51. The van der Waals surface area contributed by atoms with Crippen molar-refractivity contribution in [1.29, 1.82) is 0 Å². The second kappa shape index (κ2) is 18.4. The standard InChI is InChI=1S/C37H53N5O8S/c1-9-12-13-14-16-27(10-2)36-38-25(4)33-37(43)39-35(40-42(33)36)29-23-28(17-18-30(29)50-11-3)51(44,45)41(19-15-20-46-5)24-26-21-31(47-6)34(49-8)32(22-26)48-7/h17-18,21-23,27H,9-16,19-20,24H2,1-8H3,(H,39,40,43). The van der Waals surface area contributed by atoms with Crippen LogP contribution in [-0.2, 0) is 21.3 Å². The number of nitrogens with one attached hydrogen (secondary N) is 1. The number of aromatic amines is 1. The summed E-state index contributed by atoms with van der Waals surface area (Å²) in [7, 11) is 1.99. The van der Waals surface area contributed by atoms with Crippen molar-refractivity contribution in [2.75, 3.05) is 48.2 Å². The van der Waals surface area contributed by atoms with Crippen molar-refractivity contribution in [1.82, 2.24) is 23.9 Å². The summed E-state index contributed by atoms with van der Waals surface area (Å²) in [5.41, 5.74) is 1.58. The lowest BCUT2D eigenvalue weighted by Gasteiger charge is -2.24. The first-order chi connectivity index (χ1) is 24.6. The first-order valence-electron chi connectivity index (χ1n) is 17.6. The van der Waals surface area contributed by atoms with E-state index in [1.54, 1.807) is 29.8 Å². The fourth-order valence-corrected chi connectivity index (χ4v) is 7.79. The van der Waals surface area contributed by atoms with Gasteiger partial charge in [-0.15, -0.1) is 5.10 Å². The van der Waals surface area contributed by atoms with Crippen LogP contribution in [0.25, 0.3) is 16.9 Å². The molecule has 0 aliphatic carbocycles. The highest BCUT2D eigenvalue weighted by atomic mass is 32.2. The molecule has 0 amide bonds. The van der Waals surface area contributed by atoms with E-state index in [0.717, 1.165) is 37.9 Å². The number of sulfonamides is 1. The van der Waals surface area contributed by atoms with Gasteiger partial charge in [-0.2, -0.15) is 4.31 Å². The van der Waals surface area contributed by atoms with Gasteiger partial charge in [-0.05, 0) is 69.0 Å². The normalized spacial score (nSPS) is 12.4. The van der Waals surface area contributed by atoms with Gasteiger partial charge in [0.2, 0.25) is 15.8 Å². The first kappa shape index (κ1) is 39.6. The Bertz CT molecular complexity index is 1900. The number of aryl methyl sites for hydroxylation is 1. The van der Waals surface area contributed by atoms with E-state index in [2.05, 4.69) is 18.8 Å². The Morgan fingerprint density at radius 3 is 2.25 bits per heavy atom. The Kier molecular flexibility index (Phi) is 14.3. The number of nitrogens with zero attached hydrogens (tertiary/aromatic N) is 4. The van der Waals surface area contributed by atoms with Crippen molar-refractivity contribution in [2.24, 2.45) is 0 Å². The number of aromatic nitrogens is 4. The monoisotopic (exact) mass is 727 g/mol. The summed E-state index contributed by atoms with van der Waals surface area (Å²) in [4.78, 5) is 21.3. The Balaban J connectivity index is 1.83. The maximum atomic E-state index is 14.5. The molecule has 51 heavy (non-hydrogen) atoms. The highest BCUT2D eigenvalue weighted by Crippen LogP contribution is 2.39. The summed E-state index contributed by atoms with van der Waals surface area (Å²) in [6.45, 7) is 8.82. The summed E-state index contributed by atoms with van der Waals surface area (Å²) < 4.78 is 59.7. The number of unbranched alkanes of at least 4 members (excludes halogenated alkanes) is 3. The third-order valence-electron chi connectivity index (χ3n) is 8.95. The molecule has 0 bridgehead atoms.